The zero-order chi connectivity index (χ0) is 22.7. The minimum absolute atomic E-state index is 0. The number of fused-ring (bicyclic) bond motifs is 1. The zero-order valence-electron chi connectivity index (χ0n) is 18.8. The van der Waals surface area contributed by atoms with Gasteiger partial charge < -0.3 is 4.98 Å². The summed E-state index contributed by atoms with van der Waals surface area (Å²) in [5.41, 5.74) is 3.40. The molecule has 0 saturated carbocycles. The van der Waals surface area contributed by atoms with Crippen molar-refractivity contribution in [2.24, 2.45) is 7.05 Å². The van der Waals surface area contributed by atoms with E-state index in [1.165, 1.54) is 18.2 Å². The van der Waals surface area contributed by atoms with E-state index < -0.39 is 11.7 Å². The van der Waals surface area contributed by atoms with Crippen molar-refractivity contribution in [3.05, 3.63) is 58.2 Å². The van der Waals surface area contributed by atoms with Crippen molar-refractivity contribution >= 4 is 52.2 Å². The number of aromatic nitrogens is 4. The molecule has 32 heavy (non-hydrogen) atoms. The van der Waals surface area contributed by atoms with Gasteiger partial charge in [0.05, 0.1) is 27.3 Å². The SMILES string of the molecule is Cc1c(C(C)(C)C)nn(C)c1-c1nc2cc(-c3ccccc3C(F)(F)F)cc(Cl)c2[nH]1.[Na]. The van der Waals surface area contributed by atoms with Gasteiger partial charge in [-0.2, -0.15) is 18.3 Å². The van der Waals surface area contributed by atoms with Crippen LogP contribution in [0.15, 0.2) is 36.4 Å². The number of aromatic amines is 1. The van der Waals surface area contributed by atoms with Crippen molar-refractivity contribution in [3.8, 4) is 22.6 Å². The van der Waals surface area contributed by atoms with Crippen LogP contribution in [-0.4, -0.2) is 49.3 Å². The van der Waals surface area contributed by atoms with E-state index in [0.29, 0.717) is 27.4 Å². The molecule has 1 radical (unpaired) electrons. The number of imidazole rings is 1. The Balaban J connectivity index is 0.00000289. The van der Waals surface area contributed by atoms with Crippen LogP contribution in [0, 0.1) is 6.92 Å². The third-order valence-electron chi connectivity index (χ3n) is 5.31. The van der Waals surface area contributed by atoms with Crippen molar-refractivity contribution in [1.29, 1.82) is 0 Å². The van der Waals surface area contributed by atoms with Crippen LogP contribution < -0.4 is 0 Å². The van der Waals surface area contributed by atoms with Crippen LogP contribution in [-0.2, 0) is 18.6 Å². The Morgan fingerprint density at radius 1 is 1.06 bits per heavy atom. The fourth-order valence-electron chi connectivity index (χ4n) is 3.99. The van der Waals surface area contributed by atoms with Gasteiger partial charge in [-0.15, -0.1) is 0 Å². The van der Waals surface area contributed by atoms with Gasteiger partial charge in [-0.1, -0.05) is 50.6 Å². The minimum Gasteiger partial charge on any atom is -0.335 e. The molecule has 0 saturated heterocycles. The maximum Gasteiger partial charge on any atom is 0.417 e. The van der Waals surface area contributed by atoms with Gasteiger partial charge in [-0.05, 0) is 36.2 Å². The maximum atomic E-state index is 13.5. The summed E-state index contributed by atoms with van der Waals surface area (Å²) in [5.74, 6) is 0.571. The molecular weight excluding hydrogens is 448 g/mol. The predicted octanol–water partition coefficient (Wildman–Crippen LogP) is 6.53. The second-order valence-corrected chi connectivity index (χ2v) is 9.08. The average Bonchev–Trinajstić information content (AvgIpc) is 3.21. The fraction of sp³-hybridized carbons (Fsp3) is 0.304. The number of rotatable bonds is 2. The number of alkyl halides is 3. The number of hydrogen-bond acceptors (Lipinski definition) is 2. The third kappa shape index (κ3) is 4.36. The first-order chi connectivity index (χ1) is 14.4. The largest absolute Gasteiger partial charge is 0.417 e. The molecule has 0 aliphatic rings. The topological polar surface area (TPSA) is 46.5 Å². The van der Waals surface area contributed by atoms with Gasteiger partial charge in [0, 0.05) is 47.6 Å². The second kappa shape index (κ2) is 8.52. The van der Waals surface area contributed by atoms with Gasteiger partial charge >= 0.3 is 6.18 Å². The third-order valence-corrected chi connectivity index (χ3v) is 5.61. The van der Waals surface area contributed by atoms with E-state index in [1.54, 1.807) is 16.8 Å². The summed E-state index contributed by atoms with van der Waals surface area (Å²) >= 11 is 6.46. The normalized spacial score (nSPS) is 12.3. The molecule has 2 heterocycles. The molecule has 0 unspecified atom stereocenters. The molecule has 0 atom stereocenters. The molecule has 4 rings (SSSR count). The molecule has 2 aromatic heterocycles. The summed E-state index contributed by atoms with van der Waals surface area (Å²) in [6.45, 7) is 8.26. The van der Waals surface area contributed by atoms with Crippen LogP contribution in [0.1, 0.15) is 37.6 Å². The summed E-state index contributed by atoms with van der Waals surface area (Å²) in [6, 6.07) is 8.61. The molecule has 163 valence electrons. The predicted molar refractivity (Wildman–Crippen MR) is 123 cm³/mol. The molecule has 0 aliphatic carbocycles. The zero-order valence-corrected chi connectivity index (χ0v) is 21.6. The Kier molecular flexibility index (Phi) is 6.61. The quantitative estimate of drug-likeness (QED) is 0.339. The van der Waals surface area contributed by atoms with E-state index in [9.17, 15) is 13.2 Å². The van der Waals surface area contributed by atoms with Gasteiger partial charge in [0.1, 0.15) is 5.69 Å². The maximum absolute atomic E-state index is 13.5. The van der Waals surface area contributed by atoms with Crippen molar-refractivity contribution in [3.63, 3.8) is 0 Å². The Bertz CT molecular complexity index is 1300. The van der Waals surface area contributed by atoms with Crippen LogP contribution in [0.2, 0.25) is 5.02 Å². The van der Waals surface area contributed by atoms with Crippen molar-refractivity contribution < 1.29 is 13.2 Å². The first-order valence-corrected chi connectivity index (χ1v) is 10.2. The number of halogens is 4. The summed E-state index contributed by atoms with van der Waals surface area (Å²) in [4.78, 5) is 7.88. The molecule has 9 heteroatoms. The number of H-pyrrole nitrogens is 1. The number of hydrogen-bond donors (Lipinski definition) is 1. The molecule has 0 fully saturated rings. The molecule has 4 aromatic rings. The summed E-state index contributed by atoms with van der Waals surface area (Å²) < 4.78 is 42.3. The molecular formula is C23H22ClF3N4Na. The van der Waals surface area contributed by atoms with E-state index in [-0.39, 0.29) is 40.5 Å². The number of aryl methyl sites for hydroxylation is 1. The van der Waals surface area contributed by atoms with Gasteiger partial charge in [-0.3, -0.25) is 4.68 Å². The molecule has 0 spiro atoms. The van der Waals surface area contributed by atoms with Gasteiger partial charge in [0.25, 0.3) is 0 Å². The summed E-state index contributed by atoms with van der Waals surface area (Å²) in [6.07, 6.45) is -4.47. The van der Waals surface area contributed by atoms with E-state index >= 15 is 0 Å². The molecule has 0 bridgehead atoms. The van der Waals surface area contributed by atoms with Crippen LogP contribution in [0.5, 0.6) is 0 Å². The molecule has 0 amide bonds. The van der Waals surface area contributed by atoms with E-state index in [0.717, 1.165) is 23.0 Å². The number of nitrogens with one attached hydrogen (secondary N) is 1. The summed E-state index contributed by atoms with van der Waals surface area (Å²) in [5, 5.41) is 4.96. The Morgan fingerprint density at radius 2 is 1.72 bits per heavy atom. The average molecular weight is 470 g/mol. The van der Waals surface area contributed by atoms with Crippen LogP contribution in [0.3, 0.4) is 0 Å². The Labute approximate surface area is 211 Å². The first-order valence-electron chi connectivity index (χ1n) is 9.78. The van der Waals surface area contributed by atoms with Gasteiger partial charge in [0.2, 0.25) is 0 Å². The van der Waals surface area contributed by atoms with E-state index in [1.807, 2.05) is 14.0 Å². The monoisotopic (exact) mass is 469 g/mol. The molecule has 2 aromatic carbocycles. The first kappa shape index (κ1) is 24.8. The molecule has 4 nitrogen and oxygen atoms in total. The van der Waals surface area contributed by atoms with Crippen LogP contribution >= 0.6 is 11.6 Å². The van der Waals surface area contributed by atoms with Gasteiger partial charge in [-0.25, -0.2) is 4.98 Å². The van der Waals surface area contributed by atoms with Crippen molar-refractivity contribution in [2.75, 3.05) is 0 Å². The molecule has 0 aliphatic heterocycles. The smallest absolute Gasteiger partial charge is 0.335 e. The van der Waals surface area contributed by atoms with Crippen LogP contribution in [0.4, 0.5) is 13.2 Å². The molecule has 1 N–H and O–H groups in total. The Hall–Kier alpha value is -1.80. The number of nitrogens with zero attached hydrogens (tertiary/aromatic N) is 3. The van der Waals surface area contributed by atoms with E-state index in [2.05, 4.69) is 35.8 Å². The van der Waals surface area contributed by atoms with Crippen LogP contribution in [0.25, 0.3) is 33.7 Å². The standard InChI is InChI=1S/C23H22ClF3N4.Na/c1-12-19(31(5)30-20(12)22(2,3)4)21-28-17-11-13(10-16(24)18(17)29-21)14-8-6-7-9-15(14)23(25,26)27;/h6-11H,1-5H3,(H,28,29);. The van der Waals surface area contributed by atoms with Gasteiger partial charge in [0.15, 0.2) is 5.82 Å². The second-order valence-electron chi connectivity index (χ2n) is 8.68. The summed E-state index contributed by atoms with van der Waals surface area (Å²) in [7, 11) is 1.84. The minimum atomic E-state index is -4.47. The van der Waals surface area contributed by atoms with Crippen molar-refractivity contribution in [1.82, 2.24) is 19.7 Å². The van der Waals surface area contributed by atoms with Crippen molar-refractivity contribution in [2.45, 2.75) is 39.3 Å². The Morgan fingerprint density at radius 3 is 2.31 bits per heavy atom. The van der Waals surface area contributed by atoms with E-state index in [4.69, 9.17) is 11.6 Å². The number of benzene rings is 2. The fourth-order valence-corrected chi connectivity index (χ4v) is 4.26.